The molecular formula is C19H21N5O3. The summed E-state index contributed by atoms with van der Waals surface area (Å²) in [7, 11) is 0. The maximum Gasteiger partial charge on any atom is 0.247 e. The number of carbonyl (C=O) groups excluding carboxylic acids is 1. The van der Waals surface area contributed by atoms with Crippen LogP contribution in [0.2, 0.25) is 0 Å². The van der Waals surface area contributed by atoms with E-state index >= 15 is 0 Å². The van der Waals surface area contributed by atoms with E-state index in [9.17, 15) is 9.90 Å². The average Bonchev–Trinajstić information content (AvgIpc) is 3.31. The summed E-state index contributed by atoms with van der Waals surface area (Å²) >= 11 is 0. The number of nitrogens with zero attached hydrogens (tertiary/aromatic N) is 4. The quantitative estimate of drug-likeness (QED) is 0.707. The van der Waals surface area contributed by atoms with Gasteiger partial charge in [0.05, 0.1) is 30.2 Å². The van der Waals surface area contributed by atoms with Crippen LogP contribution >= 0.6 is 0 Å². The van der Waals surface area contributed by atoms with Crippen LogP contribution in [0.3, 0.4) is 0 Å². The Hall–Kier alpha value is -2.97. The number of aromatic nitrogens is 3. The summed E-state index contributed by atoms with van der Waals surface area (Å²) in [5.41, 5.74) is 3.35. The Labute approximate surface area is 156 Å². The fourth-order valence-electron chi connectivity index (χ4n) is 3.33. The number of carbonyl (C=O) groups is 1. The summed E-state index contributed by atoms with van der Waals surface area (Å²) in [6, 6.07) is 9.25. The number of aliphatic hydroxyl groups excluding tert-OH is 1. The van der Waals surface area contributed by atoms with E-state index in [-0.39, 0.29) is 5.91 Å². The lowest BCUT2D eigenvalue weighted by atomic mass is 10.1. The van der Waals surface area contributed by atoms with E-state index in [0.717, 1.165) is 22.6 Å². The summed E-state index contributed by atoms with van der Waals surface area (Å²) in [5.74, 6) is 0.565. The first kappa shape index (κ1) is 17.4. The molecule has 0 aliphatic carbocycles. The van der Waals surface area contributed by atoms with Gasteiger partial charge in [-0.05, 0) is 25.8 Å². The van der Waals surface area contributed by atoms with Crippen LogP contribution in [-0.2, 0) is 17.8 Å². The number of hydrogen-bond donors (Lipinski definition) is 2. The second kappa shape index (κ2) is 6.98. The van der Waals surface area contributed by atoms with E-state index in [4.69, 9.17) is 4.52 Å². The first-order valence-electron chi connectivity index (χ1n) is 8.78. The van der Waals surface area contributed by atoms with Crippen LogP contribution in [0.4, 0.5) is 5.69 Å². The highest BCUT2D eigenvalue weighted by Gasteiger charge is 2.39. The highest BCUT2D eigenvalue weighted by molar-refractivity contribution is 5.99. The molecule has 8 heteroatoms. The van der Waals surface area contributed by atoms with Gasteiger partial charge in [-0.3, -0.25) is 19.7 Å². The SMILES string of the molecule is Cc1noc(C)c1Cn1cc(N2C(=O)C(Cc3ccccc3)NC2O)cn1. The van der Waals surface area contributed by atoms with Crippen molar-refractivity contribution in [2.24, 2.45) is 0 Å². The van der Waals surface area contributed by atoms with Gasteiger partial charge in [-0.2, -0.15) is 5.10 Å². The Morgan fingerprint density at radius 1 is 1.26 bits per heavy atom. The summed E-state index contributed by atoms with van der Waals surface area (Å²) in [6.07, 6.45) is 2.74. The standard InChI is InChI=1S/C19H21N5O3/c1-12-16(13(2)27-22-12)11-23-10-15(9-20-23)24-18(25)17(21-19(24)26)8-14-6-4-3-5-7-14/h3-7,9-10,17,19,21,26H,8,11H2,1-2H3. The molecule has 8 nitrogen and oxygen atoms in total. The van der Waals surface area contributed by atoms with Crippen molar-refractivity contribution in [3.63, 3.8) is 0 Å². The second-order valence-corrected chi connectivity index (χ2v) is 6.69. The van der Waals surface area contributed by atoms with Crippen molar-refractivity contribution in [1.29, 1.82) is 0 Å². The van der Waals surface area contributed by atoms with Crippen molar-refractivity contribution in [3.8, 4) is 0 Å². The van der Waals surface area contributed by atoms with Crippen LogP contribution in [0.1, 0.15) is 22.6 Å². The maximum absolute atomic E-state index is 12.8. The van der Waals surface area contributed by atoms with Crippen LogP contribution in [-0.4, -0.2) is 38.3 Å². The number of hydrogen-bond acceptors (Lipinski definition) is 6. The Kier molecular flexibility index (Phi) is 4.51. The smallest absolute Gasteiger partial charge is 0.247 e. The van der Waals surface area contributed by atoms with Gasteiger partial charge >= 0.3 is 0 Å². The lowest BCUT2D eigenvalue weighted by Gasteiger charge is -2.17. The number of aliphatic hydroxyl groups is 1. The molecule has 1 amide bonds. The van der Waals surface area contributed by atoms with Gasteiger partial charge in [0, 0.05) is 11.8 Å². The Morgan fingerprint density at radius 3 is 2.74 bits per heavy atom. The molecule has 0 spiro atoms. The van der Waals surface area contributed by atoms with Crippen LogP contribution in [0.25, 0.3) is 0 Å². The predicted molar refractivity (Wildman–Crippen MR) is 97.9 cm³/mol. The number of rotatable bonds is 5. The van der Waals surface area contributed by atoms with Gasteiger partial charge in [0.1, 0.15) is 5.76 Å². The Morgan fingerprint density at radius 2 is 2.04 bits per heavy atom. The van der Waals surface area contributed by atoms with Gasteiger partial charge in [0.15, 0.2) is 6.35 Å². The maximum atomic E-state index is 12.8. The molecule has 2 atom stereocenters. The van der Waals surface area contributed by atoms with Gasteiger partial charge in [-0.15, -0.1) is 0 Å². The molecule has 27 heavy (non-hydrogen) atoms. The molecule has 0 bridgehead atoms. The molecule has 1 fully saturated rings. The molecule has 2 aromatic heterocycles. The van der Waals surface area contributed by atoms with Crippen molar-refractivity contribution in [1.82, 2.24) is 20.3 Å². The van der Waals surface area contributed by atoms with Crippen LogP contribution in [0, 0.1) is 13.8 Å². The van der Waals surface area contributed by atoms with E-state index in [1.807, 2.05) is 44.2 Å². The average molecular weight is 367 g/mol. The largest absolute Gasteiger partial charge is 0.361 e. The number of benzene rings is 1. The lowest BCUT2D eigenvalue weighted by Crippen LogP contribution is -2.36. The summed E-state index contributed by atoms with van der Waals surface area (Å²) in [6.45, 7) is 4.22. The minimum atomic E-state index is -1.08. The van der Waals surface area contributed by atoms with E-state index < -0.39 is 12.4 Å². The zero-order chi connectivity index (χ0) is 19.0. The third-order valence-corrected chi connectivity index (χ3v) is 4.81. The van der Waals surface area contributed by atoms with Gasteiger partial charge in [-0.1, -0.05) is 35.5 Å². The molecule has 3 heterocycles. The van der Waals surface area contributed by atoms with Gasteiger partial charge < -0.3 is 9.63 Å². The summed E-state index contributed by atoms with van der Waals surface area (Å²) < 4.78 is 6.87. The Bertz CT molecular complexity index is 930. The predicted octanol–water partition coefficient (Wildman–Crippen LogP) is 1.36. The molecule has 3 aromatic rings. The molecule has 1 aromatic carbocycles. The van der Waals surface area contributed by atoms with E-state index in [1.165, 1.54) is 4.90 Å². The van der Waals surface area contributed by atoms with Crippen LogP contribution in [0.5, 0.6) is 0 Å². The molecule has 1 aliphatic rings. The van der Waals surface area contributed by atoms with Gasteiger partial charge in [-0.25, -0.2) is 0 Å². The number of amides is 1. The summed E-state index contributed by atoms with van der Waals surface area (Å²) in [5, 5.41) is 21.5. The third-order valence-electron chi connectivity index (χ3n) is 4.81. The molecule has 0 radical (unpaired) electrons. The molecule has 2 unspecified atom stereocenters. The molecular weight excluding hydrogens is 346 g/mol. The van der Waals surface area contributed by atoms with Crippen LogP contribution in [0.15, 0.2) is 47.2 Å². The molecule has 2 N–H and O–H groups in total. The highest BCUT2D eigenvalue weighted by atomic mass is 16.5. The number of nitrogens with one attached hydrogen (secondary N) is 1. The highest BCUT2D eigenvalue weighted by Crippen LogP contribution is 2.23. The van der Waals surface area contributed by atoms with Crippen LogP contribution < -0.4 is 10.2 Å². The fourth-order valence-corrected chi connectivity index (χ4v) is 3.33. The normalized spacial score (nSPS) is 19.8. The van der Waals surface area contributed by atoms with E-state index in [1.54, 1.807) is 17.1 Å². The third kappa shape index (κ3) is 3.36. The van der Waals surface area contributed by atoms with Crippen molar-refractivity contribution < 1.29 is 14.4 Å². The first-order chi connectivity index (χ1) is 13.0. The molecule has 0 saturated carbocycles. The van der Waals surface area contributed by atoms with E-state index in [2.05, 4.69) is 15.6 Å². The first-order valence-corrected chi connectivity index (χ1v) is 8.78. The molecule has 1 saturated heterocycles. The fraction of sp³-hybridized carbons (Fsp3) is 0.316. The Balaban J connectivity index is 1.50. The van der Waals surface area contributed by atoms with E-state index in [0.29, 0.717) is 18.7 Å². The minimum absolute atomic E-state index is 0.178. The van der Waals surface area contributed by atoms with Crippen molar-refractivity contribution in [2.45, 2.75) is 39.2 Å². The minimum Gasteiger partial charge on any atom is -0.361 e. The van der Waals surface area contributed by atoms with Crippen molar-refractivity contribution >= 4 is 11.6 Å². The molecule has 4 rings (SSSR count). The zero-order valence-corrected chi connectivity index (χ0v) is 15.2. The lowest BCUT2D eigenvalue weighted by molar-refractivity contribution is -0.118. The topological polar surface area (TPSA) is 96.4 Å². The molecule has 1 aliphatic heterocycles. The van der Waals surface area contributed by atoms with Gasteiger partial charge in [0.25, 0.3) is 0 Å². The number of aryl methyl sites for hydroxylation is 2. The van der Waals surface area contributed by atoms with Gasteiger partial charge in [0.2, 0.25) is 5.91 Å². The molecule has 140 valence electrons. The number of anilines is 1. The zero-order valence-electron chi connectivity index (χ0n) is 15.2. The monoisotopic (exact) mass is 367 g/mol. The van der Waals surface area contributed by atoms with Crippen molar-refractivity contribution in [2.75, 3.05) is 4.90 Å². The van der Waals surface area contributed by atoms with Crippen molar-refractivity contribution in [3.05, 3.63) is 65.3 Å². The second-order valence-electron chi connectivity index (χ2n) is 6.69. The summed E-state index contributed by atoms with van der Waals surface area (Å²) in [4.78, 5) is 14.1.